The first kappa shape index (κ1) is 14.1. The highest BCUT2D eigenvalue weighted by Crippen LogP contribution is 2.40. The summed E-state index contributed by atoms with van der Waals surface area (Å²) in [5.74, 6) is -0.668. The lowest BCUT2D eigenvalue weighted by molar-refractivity contribution is -0.114. The van der Waals surface area contributed by atoms with Crippen LogP contribution in [0.5, 0.6) is 0 Å². The maximum Gasteiger partial charge on any atom is 0.270 e. The van der Waals surface area contributed by atoms with Crippen LogP contribution in [0.3, 0.4) is 0 Å². The average Bonchev–Trinajstić information content (AvgIpc) is 2.81. The lowest BCUT2D eigenvalue weighted by atomic mass is 9.85. The number of carbonyl (C=O) groups excluding carboxylic acids is 1. The van der Waals surface area contributed by atoms with E-state index in [4.69, 9.17) is 5.73 Å². The summed E-state index contributed by atoms with van der Waals surface area (Å²) in [5.41, 5.74) is 14.3. The van der Waals surface area contributed by atoms with Gasteiger partial charge >= 0.3 is 0 Å². The first-order valence-electron chi connectivity index (χ1n) is 6.80. The van der Waals surface area contributed by atoms with Gasteiger partial charge in [-0.1, -0.05) is 64.5 Å². The van der Waals surface area contributed by atoms with Gasteiger partial charge in [0.25, 0.3) is 5.91 Å². The van der Waals surface area contributed by atoms with E-state index in [-0.39, 0.29) is 4.83 Å². The van der Waals surface area contributed by atoms with Crippen molar-refractivity contribution in [1.29, 1.82) is 0 Å². The second kappa shape index (κ2) is 5.15. The normalized spacial score (nSPS) is 20.6. The van der Waals surface area contributed by atoms with Crippen LogP contribution in [-0.2, 0) is 11.2 Å². The third-order valence-electron chi connectivity index (χ3n) is 3.93. The summed E-state index contributed by atoms with van der Waals surface area (Å²) in [7, 11) is 0. The van der Waals surface area contributed by atoms with Crippen LogP contribution in [0.4, 0.5) is 0 Å². The maximum absolute atomic E-state index is 11.7. The van der Waals surface area contributed by atoms with E-state index in [1.54, 1.807) is 6.08 Å². The third-order valence-corrected chi connectivity index (χ3v) is 4.78. The molecule has 1 N–H and O–H groups in total. The zero-order valence-electron chi connectivity index (χ0n) is 11.7. The number of allylic oxidation sites excluding steroid dienone is 4. The molecule has 1 atom stereocenters. The van der Waals surface area contributed by atoms with Crippen LogP contribution < -0.4 is 5.73 Å². The van der Waals surface area contributed by atoms with Gasteiger partial charge in [0.15, 0.2) is 0 Å². The molecule has 105 valence electrons. The molecule has 0 saturated heterocycles. The van der Waals surface area contributed by atoms with Gasteiger partial charge < -0.3 is 0 Å². The van der Waals surface area contributed by atoms with E-state index in [2.05, 4.69) is 41.6 Å². The molecular formula is C18H15BrNO. The SMILES string of the molecule is C=C1C(c2cccc3c2C=C(C)C3)=C(C([NH])=O)C=CC1Br. The number of hydrogen-bond donors (Lipinski definition) is 0. The minimum absolute atomic E-state index is 0.00191. The molecule has 1 amide bonds. The van der Waals surface area contributed by atoms with Gasteiger partial charge in [-0.15, -0.1) is 0 Å². The summed E-state index contributed by atoms with van der Waals surface area (Å²) >= 11 is 3.55. The van der Waals surface area contributed by atoms with E-state index in [0.717, 1.165) is 28.7 Å². The highest BCUT2D eigenvalue weighted by molar-refractivity contribution is 9.09. The second-order valence-electron chi connectivity index (χ2n) is 5.45. The molecule has 1 radical (unpaired) electrons. The van der Waals surface area contributed by atoms with Gasteiger partial charge in [-0.25, -0.2) is 0 Å². The van der Waals surface area contributed by atoms with Gasteiger partial charge in [-0.05, 0) is 41.2 Å². The number of fused-ring (bicyclic) bond motifs is 1. The van der Waals surface area contributed by atoms with Crippen molar-refractivity contribution in [3.8, 4) is 0 Å². The fourth-order valence-electron chi connectivity index (χ4n) is 2.95. The van der Waals surface area contributed by atoms with Crippen molar-refractivity contribution in [3.05, 3.63) is 70.3 Å². The molecule has 1 aromatic rings. The van der Waals surface area contributed by atoms with E-state index in [1.165, 1.54) is 11.1 Å². The maximum atomic E-state index is 11.7. The van der Waals surface area contributed by atoms with Crippen LogP contribution in [-0.4, -0.2) is 10.7 Å². The van der Waals surface area contributed by atoms with Gasteiger partial charge in [0.2, 0.25) is 0 Å². The first-order chi connectivity index (χ1) is 9.99. The summed E-state index contributed by atoms with van der Waals surface area (Å²) in [6, 6.07) is 6.13. The summed E-state index contributed by atoms with van der Waals surface area (Å²) < 4.78 is 0. The minimum Gasteiger partial charge on any atom is -0.267 e. The van der Waals surface area contributed by atoms with Crippen LogP contribution in [0.15, 0.2) is 53.6 Å². The Morgan fingerprint density at radius 3 is 2.90 bits per heavy atom. The van der Waals surface area contributed by atoms with Crippen molar-refractivity contribution in [2.45, 2.75) is 18.2 Å². The molecular weight excluding hydrogens is 326 g/mol. The van der Waals surface area contributed by atoms with Gasteiger partial charge in [0.1, 0.15) is 0 Å². The largest absolute Gasteiger partial charge is 0.270 e. The molecule has 0 spiro atoms. The van der Waals surface area contributed by atoms with Crippen LogP contribution in [0, 0.1) is 0 Å². The summed E-state index contributed by atoms with van der Waals surface area (Å²) in [6.07, 6.45) is 6.70. The quantitative estimate of drug-likeness (QED) is 0.747. The van der Waals surface area contributed by atoms with Crippen molar-refractivity contribution in [1.82, 2.24) is 5.73 Å². The molecule has 2 aliphatic rings. The fourth-order valence-corrected chi connectivity index (χ4v) is 3.33. The Kier molecular flexibility index (Phi) is 3.46. The van der Waals surface area contributed by atoms with E-state index in [0.29, 0.717) is 5.57 Å². The van der Waals surface area contributed by atoms with E-state index in [1.807, 2.05) is 18.2 Å². The van der Waals surface area contributed by atoms with Crippen molar-refractivity contribution in [2.24, 2.45) is 0 Å². The third kappa shape index (κ3) is 2.32. The Bertz CT molecular complexity index is 752. The molecule has 1 unspecified atom stereocenters. The van der Waals surface area contributed by atoms with Crippen molar-refractivity contribution >= 4 is 33.5 Å². The summed E-state index contributed by atoms with van der Waals surface area (Å²) in [6.45, 7) is 6.23. The van der Waals surface area contributed by atoms with E-state index >= 15 is 0 Å². The van der Waals surface area contributed by atoms with Gasteiger partial charge in [0, 0.05) is 5.57 Å². The summed E-state index contributed by atoms with van der Waals surface area (Å²) in [5, 5.41) is 0. The topological polar surface area (TPSA) is 40.9 Å². The van der Waals surface area contributed by atoms with Gasteiger partial charge in [-0.3, -0.25) is 10.5 Å². The van der Waals surface area contributed by atoms with Crippen molar-refractivity contribution in [3.63, 3.8) is 0 Å². The molecule has 0 bridgehead atoms. The van der Waals surface area contributed by atoms with Crippen LogP contribution in [0.1, 0.15) is 23.6 Å². The lowest BCUT2D eigenvalue weighted by Gasteiger charge is -2.22. The van der Waals surface area contributed by atoms with Crippen molar-refractivity contribution in [2.75, 3.05) is 0 Å². The Labute approximate surface area is 132 Å². The average molecular weight is 341 g/mol. The lowest BCUT2D eigenvalue weighted by Crippen LogP contribution is -2.14. The highest BCUT2D eigenvalue weighted by atomic mass is 79.9. The zero-order valence-corrected chi connectivity index (χ0v) is 13.3. The molecule has 1 aromatic carbocycles. The zero-order chi connectivity index (χ0) is 15.1. The molecule has 0 heterocycles. The number of halogens is 1. The van der Waals surface area contributed by atoms with Crippen LogP contribution in [0.25, 0.3) is 11.6 Å². The number of hydrogen-bond acceptors (Lipinski definition) is 1. The Morgan fingerprint density at radius 1 is 1.43 bits per heavy atom. The van der Waals surface area contributed by atoms with E-state index in [9.17, 15) is 4.79 Å². The first-order valence-corrected chi connectivity index (χ1v) is 7.71. The standard InChI is InChI=1S/C18H15BrNO/c1-10-8-12-4-3-5-13(15(12)9-10)17-11(2)16(19)7-6-14(17)18(20)21/h3-7,9,16,20H,2,8H2,1H3. The molecule has 21 heavy (non-hydrogen) atoms. The molecule has 0 saturated carbocycles. The second-order valence-corrected chi connectivity index (χ2v) is 6.44. The number of amides is 1. The Balaban J connectivity index is 2.28. The number of carbonyl (C=O) groups is 1. The monoisotopic (exact) mass is 340 g/mol. The van der Waals surface area contributed by atoms with Crippen molar-refractivity contribution < 1.29 is 4.79 Å². The number of benzene rings is 1. The molecule has 0 aromatic heterocycles. The molecule has 2 nitrogen and oxygen atoms in total. The predicted octanol–water partition coefficient (Wildman–Crippen LogP) is 4.10. The number of rotatable bonds is 2. The molecule has 2 aliphatic carbocycles. The molecule has 0 fully saturated rings. The van der Waals surface area contributed by atoms with Gasteiger partial charge in [-0.2, -0.15) is 0 Å². The van der Waals surface area contributed by atoms with Crippen LogP contribution >= 0.6 is 15.9 Å². The predicted molar refractivity (Wildman–Crippen MR) is 89.8 cm³/mol. The van der Waals surface area contributed by atoms with Gasteiger partial charge in [0.05, 0.1) is 4.83 Å². The van der Waals surface area contributed by atoms with Crippen LogP contribution in [0.2, 0.25) is 0 Å². The molecule has 3 heteroatoms. The smallest absolute Gasteiger partial charge is 0.267 e. The fraction of sp³-hybridized carbons (Fsp3) is 0.167. The minimum atomic E-state index is -0.668. The number of alkyl halides is 1. The highest BCUT2D eigenvalue weighted by Gasteiger charge is 2.26. The van der Waals surface area contributed by atoms with E-state index < -0.39 is 5.91 Å². The Morgan fingerprint density at radius 2 is 2.19 bits per heavy atom. The summed E-state index contributed by atoms with van der Waals surface area (Å²) in [4.78, 5) is 11.7. The Hall–Kier alpha value is -1.87. The number of nitrogens with one attached hydrogen (secondary N) is 1. The molecule has 0 aliphatic heterocycles. The molecule has 3 rings (SSSR count).